The van der Waals surface area contributed by atoms with Crippen LogP contribution in [0.3, 0.4) is 0 Å². The van der Waals surface area contributed by atoms with Crippen molar-refractivity contribution in [3.05, 3.63) is 59.7 Å². The van der Waals surface area contributed by atoms with Crippen molar-refractivity contribution in [1.29, 1.82) is 0 Å². The molecule has 3 rings (SSSR count). The molecule has 1 aliphatic heterocycles. The first-order valence-corrected chi connectivity index (χ1v) is 7.99. The summed E-state index contributed by atoms with van der Waals surface area (Å²) in [7, 11) is 4.19. The van der Waals surface area contributed by atoms with Gasteiger partial charge in [0.2, 0.25) is 0 Å². The number of hydrogen-bond acceptors (Lipinski definition) is 3. The second-order valence-corrected chi connectivity index (χ2v) is 6.36. The van der Waals surface area contributed by atoms with Gasteiger partial charge >= 0.3 is 0 Å². The summed E-state index contributed by atoms with van der Waals surface area (Å²) in [5, 5.41) is 0. The van der Waals surface area contributed by atoms with Gasteiger partial charge in [-0.3, -0.25) is 4.90 Å². The van der Waals surface area contributed by atoms with Crippen LogP contribution in [-0.4, -0.2) is 25.5 Å². The quantitative estimate of drug-likeness (QED) is 0.874. The molecular formula is C19H25N3. The molecule has 1 aliphatic rings. The Morgan fingerprint density at radius 1 is 1.14 bits per heavy atom. The topological polar surface area (TPSA) is 32.5 Å². The Kier molecular flexibility index (Phi) is 4.34. The van der Waals surface area contributed by atoms with E-state index in [9.17, 15) is 0 Å². The van der Waals surface area contributed by atoms with Gasteiger partial charge in [0.05, 0.1) is 0 Å². The summed E-state index contributed by atoms with van der Waals surface area (Å²) in [6, 6.07) is 17.7. The van der Waals surface area contributed by atoms with Gasteiger partial charge in [0.15, 0.2) is 0 Å². The third kappa shape index (κ3) is 3.25. The fourth-order valence-electron chi connectivity index (χ4n) is 3.33. The molecule has 1 heterocycles. The highest BCUT2D eigenvalue weighted by Gasteiger charge is 2.26. The van der Waals surface area contributed by atoms with Gasteiger partial charge in [-0.15, -0.1) is 0 Å². The average Bonchev–Trinajstić information content (AvgIpc) is 2.95. The van der Waals surface area contributed by atoms with Crippen LogP contribution in [0.2, 0.25) is 0 Å². The van der Waals surface area contributed by atoms with Gasteiger partial charge in [0.1, 0.15) is 0 Å². The Hall–Kier alpha value is -2.00. The maximum atomic E-state index is 5.91. The van der Waals surface area contributed by atoms with Crippen LogP contribution in [0.25, 0.3) is 0 Å². The van der Waals surface area contributed by atoms with E-state index in [2.05, 4.69) is 60.3 Å². The van der Waals surface area contributed by atoms with Crippen LogP contribution in [0, 0.1) is 0 Å². The second kappa shape index (κ2) is 6.41. The number of rotatable bonds is 4. The lowest BCUT2D eigenvalue weighted by Crippen LogP contribution is -2.23. The smallest absolute Gasteiger partial charge is 0.0364 e. The zero-order valence-electron chi connectivity index (χ0n) is 13.5. The molecule has 0 aromatic heterocycles. The van der Waals surface area contributed by atoms with E-state index < -0.39 is 0 Å². The van der Waals surface area contributed by atoms with Crippen molar-refractivity contribution in [2.75, 3.05) is 31.3 Å². The van der Waals surface area contributed by atoms with Crippen molar-refractivity contribution in [1.82, 2.24) is 4.90 Å². The van der Waals surface area contributed by atoms with Crippen molar-refractivity contribution in [2.45, 2.75) is 25.4 Å². The molecule has 22 heavy (non-hydrogen) atoms. The van der Waals surface area contributed by atoms with Crippen LogP contribution in [0.4, 0.5) is 11.4 Å². The number of likely N-dealkylation sites (tertiary alicyclic amines) is 1. The molecule has 2 aromatic carbocycles. The lowest BCUT2D eigenvalue weighted by Gasteiger charge is -2.26. The summed E-state index contributed by atoms with van der Waals surface area (Å²) in [6.07, 6.45) is 2.50. The molecule has 0 saturated carbocycles. The molecule has 0 spiro atoms. The monoisotopic (exact) mass is 295 g/mol. The predicted molar refractivity (Wildman–Crippen MR) is 94.0 cm³/mol. The molecule has 116 valence electrons. The van der Waals surface area contributed by atoms with Crippen LogP contribution in [0.1, 0.15) is 30.0 Å². The number of nitrogen functional groups attached to an aromatic ring is 1. The molecule has 1 atom stereocenters. The van der Waals surface area contributed by atoms with E-state index in [0.717, 1.165) is 18.8 Å². The highest BCUT2D eigenvalue weighted by atomic mass is 15.2. The number of anilines is 2. The number of benzene rings is 2. The van der Waals surface area contributed by atoms with Crippen molar-refractivity contribution < 1.29 is 0 Å². The van der Waals surface area contributed by atoms with Gasteiger partial charge in [0.25, 0.3) is 0 Å². The molecular weight excluding hydrogens is 270 g/mol. The van der Waals surface area contributed by atoms with E-state index in [0.29, 0.717) is 6.04 Å². The van der Waals surface area contributed by atoms with Gasteiger partial charge in [0, 0.05) is 38.1 Å². The standard InChI is InChI=1S/C19H25N3/c1-21(2)18-9-4-7-16(13-18)19-10-5-11-22(19)14-15-6-3-8-17(20)12-15/h3-4,6-9,12-13,19H,5,10-11,14,20H2,1-2H3. The van der Waals surface area contributed by atoms with Crippen molar-refractivity contribution >= 4 is 11.4 Å². The first-order valence-electron chi connectivity index (χ1n) is 7.99. The van der Waals surface area contributed by atoms with E-state index in [4.69, 9.17) is 5.73 Å². The van der Waals surface area contributed by atoms with Gasteiger partial charge in [-0.1, -0.05) is 24.3 Å². The molecule has 3 nitrogen and oxygen atoms in total. The summed E-state index contributed by atoms with van der Waals surface area (Å²) in [4.78, 5) is 4.74. The summed E-state index contributed by atoms with van der Waals surface area (Å²) in [5.41, 5.74) is 10.8. The largest absolute Gasteiger partial charge is 0.399 e. The van der Waals surface area contributed by atoms with Crippen LogP contribution >= 0.6 is 0 Å². The third-order valence-corrected chi connectivity index (χ3v) is 4.47. The zero-order chi connectivity index (χ0) is 15.5. The fraction of sp³-hybridized carbons (Fsp3) is 0.368. The SMILES string of the molecule is CN(C)c1cccc(C2CCCN2Cc2cccc(N)c2)c1. The molecule has 1 saturated heterocycles. The minimum atomic E-state index is 0.515. The Bertz CT molecular complexity index is 636. The van der Waals surface area contributed by atoms with Crippen molar-refractivity contribution in [3.8, 4) is 0 Å². The highest BCUT2D eigenvalue weighted by Crippen LogP contribution is 2.34. The van der Waals surface area contributed by atoms with Gasteiger partial charge in [-0.25, -0.2) is 0 Å². The van der Waals surface area contributed by atoms with Gasteiger partial charge in [-0.2, -0.15) is 0 Å². The van der Waals surface area contributed by atoms with E-state index in [-0.39, 0.29) is 0 Å². The summed E-state index contributed by atoms with van der Waals surface area (Å²) in [6.45, 7) is 2.13. The number of nitrogens with two attached hydrogens (primary N) is 1. The van der Waals surface area contributed by atoms with E-state index in [1.165, 1.54) is 29.7 Å². The molecule has 1 fully saturated rings. The molecule has 0 aliphatic carbocycles. The minimum absolute atomic E-state index is 0.515. The summed E-state index contributed by atoms with van der Waals surface area (Å²) < 4.78 is 0. The van der Waals surface area contributed by atoms with E-state index >= 15 is 0 Å². The molecule has 3 heteroatoms. The number of hydrogen-bond donors (Lipinski definition) is 1. The number of nitrogens with zero attached hydrogens (tertiary/aromatic N) is 2. The first kappa shape index (κ1) is 14.9. The summed E-state index contributed by atoms with van der Waals surface area (Å²) >= 11 is 0. The van der Waals surface area contributed by atoms with Gasteiger partial charge in [-0.05, 0) is 54.8 Å². The maximum Gasteiger partial charge on any atom is 0.0364 e. The second-order valence-electron chi connectivity index (χ2n) is 6.36. The van der Waals surface area contributed by atoms with Crippen LogP contribution < -0.4 is 10.6 Å². The van der Waals surface area contributed by atoms with Crippen LogP contribution in [0.5, 0.6) is 0 Å². The fourth-order valence-corrected chi connectivity index (χ4v) is 3.33. The highest BCUT2D eigenvalue weighted by molar-refractivity contribution is 5.48. The normalized spacial score (nSPS) is 18.5. The molecule has 0 amide bonds. The molecule has 1 unspecified atom stereocenters. The first-order chi connectivity index (χ1) is 10.6. The molecule has 2 aromatic rings. The Labute approximate surface area is 133 Å². The Morgan fingerprint density at radius 2 is 1.95 bits per heavy atom. The lowest BCUT2D eigenvalue weighted by atomic mass is 10.0. The molecule has 0 bridgehead atoms. The Morgan fingerprint density at radius 3 is 2.73 bits per heavy atom. The van der Waals surface area contributed by atoms with Crippen LogP contribution in [-0.2, 0) is 6.54 Å². The van der Waals surface area contributed by atoms with E-state index in [1.807, 2.05) is 12.1 Å². The van der Waals surface area contributed by atoms with Crippen LogP contribution in [0.15, 0.2) is 48.5 Å². The lowest BCUT2D eigenvalue weighted by molar-refractivity contribution is 0.248. The predicted octanol–water partition coefficient (Wildman–Crippen LogP) is 3.67. The van der Waals surface area contributed by atoms with Crippen molar-refractivity contribution in [3.63, 3.8) is 0 Å². The van der Waals surface area contributed by atoms with Gasteiger partial charge < -0.3 is 10.6 Å². The average molecular weight is 295 g/mol. The van der Waals surface area contributed by atoms with E-state index in [1.54, 1.807) is 0 Å². The molecule has 2 N–H and O–H groups in total. The zero-order valence-corrected chi connectivity index (χ0v) is 13.5. The third-order valence-electron chi connectivity index (χ3n) is 4.47. The maximum absolute atomic E-state index is 5.91. The summed E-state index contributed by atoms with van der Waals surface area (Å²) in [5.74, 6) is 0. The Balaban J connectivity index is 1.79. The van der Waals surface area contributed by atoms with Crippen molar-refractivity contribution in [2.24, 2.45) is 0 Å². The minimum Gasteiger partial charge on any atom is -0.399 e. The molecule has 0 radical (unpaired) electrons.